The Morgan fingerprint density at radius 2 is 1.80 bits per heavy atom. The average molecular weight is 345 g/mol. The van der Waals surface area contributed by atoms with Crippen LogP contribution in [-0.2, 0) is 6.18 Å². The molecule has 0 saturated carbocycles. The molecule has 106 valence electrons. The predicted octanol–water partition coefficient (Wildman–Crippen LogP) is 5.10. The number of hydrogen-bond acceptors (Lipinski definition) is 2. The van der Waals surface area contributed by atoms with Gasteiger partial charge in [0.1, 0.15) is 0 Å². The molecule has 0 radical (unpaired) electrons. The number of aryl methyl sites for hydroxylation is 1. The maximum Gasteiger partial charge on any atom is 0.416 e. The summed E-state index contributed by atoms with van der Waals surface area (Å²) in [6, 6.07) is 8.77. The van der Waals surface area contributed by atoms with Crippen molar-refractivity contribution in [1.29, 1.82) is 0 Å². The summed E-state index contributed by atoms with van der Waals surface area (Å²) in [5, 5.41) is 2.92. The fraction of sp³-hybridized carbons (Fsp3) is 0.143. The Morgan fingerprint density at radius 1 is 1.10 bits per heavy atom. The lowest BCUT2D eigenvalue weighted by Crippen LogP contribution is -2.06. The molecule has 0 saturated heterocycles. The molecule has 2 rings (SSSR count). The number of alkyl halides is 3. The Kier molecular flexibility index (Phi) is 3.94. The molecule has 0 aliphatic heterocycles. The van der Waals surface area contributed by atoms with Crippen LogP contribution in [0.3, 0.4) is 0 Å². The summed E-state index contributed by atoms with van der Waals surface area (Å²) >= 11 is 3.23. The van der Waals surface area contributed by atoms with Crippen LogP contribution >= 0.6 is 15.9 Å². The Bertz CT molecular complexity index is 639. The lowest BCUT2D eigenvalue weighted by atomic mass is 10.1. The number of para-hydroxylation sites is 1. The molecule has 2 aromatic carbocycles. The van der Waals surface area contributed by atoms with Gasteiger partial charge >= 0.3 is 6.18 Å². The fourth-order valence-electron chi connectivity index (χ4n) is 1.73. The highest BCUT2D eigenvalue weighted by Gasteiger charge is 2.30. The Balaban J connectivity index is 2.41. The summed E-state index contributed by atoms with van der Waals surface area (Å²) in [7, 11) is 0. The second-order valence-electron chi connectivity index (χ2n) is 4.35. The van der Waals surface area contributed by atoms with E-state index in [0.717, 1.165) is 17.7 Å². The van der Waals surface area contributed by atoms with Crippen molar-refractivity contribution in [2.75, 3.05) is 11.1 Å². The number of nitrogen functional groups attached to an aromatic ring is 1. The summed E-state index contributed by atoms with van der Waals surface area (Å²) < 4.78 is 38.7. The summed E-state index contributed by atoms with van der Waals surface area (Å²) in [4.78, 5) is 0. The lowest BCUT2D eigenvalue weighted by Gasteiger charge is -2.14. The first-order chi connectivity index (χ1) is 9.29. The van der Waals surface area contributed by atoms with Gasteiger partial charge < -0.3 is 11.1 Å². The van der Waals surface area contributed by atoms with Gasteiger partial charge in [-0.05, 0) is 52.7 Å². The van der Waals surface area contributed by atoms with E-state index in [1.165, 1.54) is 6.07 Å². The van der Waals surface area contributed by atoms with E-state index in [2.05, 4.69) is 21.2 Å². The zero-order valence-corrected chi connectivity index (χ0v) is 12.1. The number of rotatable bonds is 2. The zero-order valence-electron chi connectivity index (χ0n) is 10.6. The van der Waals surface area contributed by atoms with Gasteiger partial charge in [0.25, 0.3) is 0 Å². The van der Waals surface area contributed by atoms with E-state index in [0.29, 0.717) is 21.5 Å². The quantitative estimate of drug-likeness (QED) is 0.743. The van der Waals surface area contributed by atoms with Crippen LogP contribution < -0.4 is 11.1 Å². The Labute approximate surface area is 122 Å². The molecule has 0 atom stereocenters. The summed E-state index contributed by atoms with van der Waals surface area (Å²) in [5.74, 6) is 0. The third-order valence-corrected chi connectivity index (χ3v) is 3.58. The van der Waals surface area contributed by atoms with Crippen LogP contribution in [0, 0.1) is 6.92 Å². The van der Waals surface area contributed by atoms with Gasteiger partial charge in [-0.15, -0.1) is 0 Å². The number of nitrogens with two attached hydrogens (primary N) is 1. The maximum absolute atomic E-state index is 12.7. The highest BCUT2D eigenvalue weighted by molar-refractivity contribution is 9.10. The maximum atomic E-state index is 12.7. The molecule has 0 spiro atoms. The Morgan fingerprint density at radius 3 is 2.45 bits per heavy atom. The smallest absolute Gasteiger partial charge is 0.397 e. The van der Waals surface area contributed by atoms with E-state index in [9.17, 15) is 13.2 Å². The van der Waals surface area contributed by atoms with E-state index in [1.807, 2.05) is 13.0 Å². The van der Waals surface area contributed by atoms with Gasteiger partial charge in [0.2, 0.25) is 0 Å². The molecule has 0 fully saturated rings. The molecular weight excluding hydrogens is 333 g/mol. The molecule has 20 heavy (non-hydrogen) atoms. The largest absolute Gasteiger partial charge is 0.416 e. The van der Waals surface area contributed by atoms with Crippen LogP contribution in [0.5, 0.6) is 0 Å². The van der Waals surface area contributed by atoms with Crippen LogP contribution in [0.25, 0.3) is 0 Å². The molecule has 0 aromatic heterocycles. The van der Waals surface area contributed by atoms with Crippen LogP contribution in [0.4, 0.5) is 30.2 Å². The van der Waals surface area contributed by atoms with Crippen molar-refractivity contribution in [3.8, 4) is 0 Å². The van der Waals surface area contributed by atoms with Crippen molar-refractivity contribution in [2.24, 2.45) is 0 Å². The van der Waals surface area contributed by atoms with Gasteiger partial charge in [0, 0.05) is 4.47 Å². The van der Waals surface area contributed by atoms with E-state index in [-0.39, 0.29) is 0 Å². The first-order valence-corrected chi connectivity index (χ1v) is 6.57. The van der Waals surface area contributed by atoms with Crippen LogP contribution in [0.1, 0.15) is 11.1 Å². The highest BCUT2D eigenvalue weighted by Crippen LogP contribution is 2.36. The molecule has 0 amide bonds. The third kappa shape index (κ3) is 3.07. The van der Waals surface area contributed by atoms with E-state index >= 15 is 0 Å². The minimum Gasteiger partial charge on any atom is -0.397 e. The van der Waals surface area contributed by atoms with Crippen molar-refractivity contribution in [2.45, 2.75) is 13.1 Å². The molecule has 0 aliphatic carbocycles. The van der Waals surface area contributed by atoms with Crippen LogP contribution in [0.2, 0.25) is 0 Å². The minimum atomic E-state index is -4.38. The summed E-state index contributed by atoms with van der Waals surface area (Å²) in [5.41, 5.74) is 7.45. The molecule has 6 heteroatoms. The molecule has 0 aliphatic rings. The standard InChI is InChI=1S/C14H12BrF3N2/c1-8-3-2-4-11(13(8)19)20-12-7-9(14(16,17)18)5-6-10(12)15/h2-7,20H,19H2,1H3. The van der Waals surface area contributed by atoms with Gasteiger partial charge in [0.15, 0.2) is 0 Å². The van der Waals surface area contributed by atoms with Gasteiger partial charge in [-0.25, -0.2) is 0 Å². The first-order valence-electron chi connectivity index (χ1n) is 5.78. The van der Waals surface area contributed by atoms with Gasteiger partial charge in [0.05, 0.1) is 22.6 Å². The van der Waals surface area contributed by atoms with Crippen molar-refractivity contribution < 1.29 is 13.2 Å². The van der Waals surface area contributed by atoms with Crippen LogP contribution in [0.15, 0.2) is 40.9 Å². The van der Waals surface area contributed by atoms with Gasteiger partial charge in [-0.2, -0.15) is 13.2 Å². The van der Waals surface area contributed by atoms with Crippen LogP contribution in [-0.4, -0.2) is 0 Å². The third-order valence-electron chi connectivity index (χ3n) is 2.89. The van der Waals surface area contributed by atoms with Gasteiger partial charge in [-0.3, -0.25) is 0 Å². The molecular formula is C14H12BrF3N2. The monoisotopic (exact) mass is 344 g/mol. The predicted molar refractivity (Wildman–Crippen MR) is 78.0 cm³/mol. The second kappa shape index (κ2) is 5.36. The Hall–Kier alpha value is -1.69. The summed E-state index contributed by atoms with van der Waals surface area (Å²) in [6.07, 6.45) is -4.38. The fourth-order valence-corrected chi connectivity index (χ4v) is 2.08. The molecule has 2 aromatic rings. The average Bonchev–Trinajstić information content (AvgIpc) is 2.36. The first kappa shape index (κ1) is 14.7. The summed E-state index contributed by atoms with van der Waals surface area (Å²) in [6.45, 7) is 1.84. The molecule has 0 heterocycles. The second-order valence-corrected chi connectivity index (χ2v) is 5.21. The normalized spacial score (nSPS) is 11.4. The topological polar surface area (TPSA) is 38.0 Å². The molecule has 2 nitrogen and oxygen atoms in total. The van der Waals surface area contributed by atoms with Gasteiger partial charge in [-0.1, -0.05) is 12.1 Å². The van der Waals surface area contributed by atoms with E-state index < -0.39 is 11.7 Å². The van der Waals surface area contributed by atoms with Crippen molar-refractivity contribution in [3.63, 3.8) is 0 Å². The molecule has 3 N–H and O–H groups in total. The lowest BCUT2D eigenvalue weighted by molar-refractivity contribution is -0.137. The zero-order chi connectivity index (χ0) is 14.9. The number of anilines is 3. The minimum absolute atomic E-state index is 0.317. The van der Waals surface area contributed by atoms with Crippen molar-refractivity contribution in [3.05, 3.63) is 52.0 Å². The SMILES string of the molecule is Cc1cccc(Nc2cc(C(F)(F)F)ccc2Br)c1N. The number of benzene rings is 2. The number of hydrogen-bond donors (Lipinski definition) is 2. The van der Waals surface area contributed by atoms with Crippen molar-refractivity contribution >= 4 is 33.0 Å². The molecule has 0 bridgehead atoms. The van der Waals surface area contributed by atoms with Crippen molar-refractivity contribution in [1.82, 2.24) is 0 Å². The molecule has 0 unspecified atom stereocenters. The highest BCUT2D eigenvalue weighted by atomic mass is 79.9. The van der Waals surface area contributed by atoms with E-state index in [4.69, 9.17) is 5.73 Å². The number of halogens is 4. The van der Waals surface area contributed by atoms with E-state index in [1.54, 1.807) is 12.1 Å². The number of nitrogens with one attached hydrogen (secondary N) is 1.